The van der Waals surface area contributed by atoms with Gasteiger partial charge in [0.2, 0.25) is 0 Å². The topological polar surface area (TPSA) is 12.0 Å². The summed E-state index contributed by atoms with van der Waals surface area (Å²) >= 11 is 0. The molecule has 0 amide bonds. The lowest BCUT2D eigenvalue weighted by Crippen LogP contribution is -2.55. The Morgan fingerprint density at radius 3 is 1.94 bits per heavy atom. The van der Waals surface area contributed by atoms with Crippen LogP contribution in [0.25, 0.3) is 22.3 Å². The Bertz CT molecular complexity index is 1400. The van der Waals surface area contributed by atoms with Crippen LogP contribution in [0.15, 0.2) is 97.1 Å². The van der Waals surface area contributed by atoms with Crippen molar-refractivity contribution in [3.63, 3.8) is 0 Å². The number of rotatable bonds is 3. The smallest absolute Gasteiger partial charge is 0.0463 e. The number of fused-ring (bicyclic) bond motifs is 3. The van der Waals surface area contributed by atoms with Gasteiger partial charge in [-0.3, -0.25) is 0 Å². The molecule has 4 bridgehead atoms. The molecule has 172 valence electrons. The van der Waals surface area contributed by atoms with Crippen molar-refractivity contribution in [1.29, 1.82) is 0 Å². The first-order valence-corrected chi connectivity index (χ1v) is 13.5. The Morgan fingerprint density at radius 1 is 0.543 bits per heavy atom. The third-order valence-electron chi connectivity index (χ3n) is 9.84. The Balaban J connectivity index is 1.24. The van der Waals surface area contributed by atoms with Gasteiger partial charge >= 0.3 is 0 Å². The van der Waals surface area contributed by atoms with E-state index in [2.05, 4.69) is 102 Å². The van der Waals surface area contributed by atoms with Crippen LogP contribution in [-0.4, -0.2) is 0 Å². The largest absolute Gasteiger partial charge is 0.355 e. The summed E-state index contributed by atoms with van der Waals surface area (Å²) < 4.78 is 0. The van der Waals surface area contributed by atoms with Crippen molar-refractivity contribution in [1.82, 2.24) is 0 Å². The zero-order valence-electron chi connectivity index (χ0n) is 20.1. The molecule has 4 aromatic rings. The van der Waals surface area contributed by atoms with Gasteiger partial charge in [-0.05, 0) is 102 Å². The number of anilines is 2. The summed E-state index contributed by atoms with van der Waals surface area (Å²) in [5.41, 5.74) is 11.3. The highest BCUT2D eigenvalue weighted by Gasteiger charge is 2.61. The summed E-state index contributed by atoms with van der Waals surface area (Å²) in [7, 11) is 0. The van der Waals surface area contributed by atoms with Crippen LogP contribution in [0.5, 0.6) is 0 Å². The summed E-state index contributed by atoms with van der Waals surface area (Å²) in [6.07, 6.45) is 7.24. The highest BCUT2D eigenvalue weighted by molar-refractivity contribution is 5.86. The van der Waals surface area contributed by atoms with Crippen molar-refractivity contribution < 1.29 is 0 Å². The normalized spacial score (nSPS) is 29.3. The van der Waals surface area contributed by atoms with Crippen molar-refractivity contribution in [2.24, 2.45) is 23.7 Å². The maximum Gasteiger partial charge on any atom is 0.0463 e. The average Bonchev–Trinajstić information content (AvgIpc) is 3.18. The lowest BCUT2D eigenvalue weighted by atomic mass is 9.43. The summed E-state index contributed by atoms with van der Waals surface area (Å²) in [4.78, 5) is 0. The van der Waals surface area contributed by atoms with Gasteiger partial charge < -0.3 is 5.32 Å². The molecule has 1 nitrogen and oxygen atoms in total. The number of benzene rings is 4. The molecule has 0 atom stereocenters. The van der Waals surface area contributed by atoms with Gasteiger partial charge in [0.1, 0.15) is 0 Å². The van der Waals surface area contributed by atoms with E-state index in [0.29, 0.717) is 0 Å². The van der Waals surface area contributed by atoms with E-state index in [0.717, 1.165) is 29.4 Å². The minimum absolute atomic E-state index is 0.250. The molecule has 5 aliphatic rings. The molecule has 1 N–H and O–H groups in total. The quantitative estimate of drug-likeness (QED) is 0.327. The average molecular weight is 454 g/mol. The molecule has 0 saturated heterocycles. The molecule has 1 spiro atoms. The molecule has 1 heteroatoms. The summed E-state index contributed by atoms with van der Waals surface area (Å²) in [5.74, 6) is 3.60. The third kappa shape index (κ3) is 2.76. The van der Waals surface area contributed by atoms with Crippen LogP contribution in [0.3, 0.4) is 0 Å². The lowest BCUT2D eigenvalue weighted by molar-refractivity contribution is -0.0399. The molecule has 0 heterocycles. The zero-order valence-corrected chi connectivity index (χ0v) is 20.1. The number of hydrogen-bond acceptors (Lipinski definition) is 1. The molecular weight excluding hydrogens is 422 g/mol. The second kappa shape index (κ2) is 7.34. The molecule has 4 fully saturated rings. The van der Waals surface area contributed by atoms with Crippen LogP contribution in [0, 0.1) is 23.7 Å². The van der Waals surface area contributed by atoms with Crippen molar-refractivity contribution >= 4 is 11.4 Å². The fourth-order valence-corrected chi connectivity index (χ4v) is 8.85. The Morgan fingerprint density at radius 2 is 1.17 bits per heavy atom. The standard InChI is InChI=1S/C34H31N/c1-2-8-24(9-3-1)28-10-5-7-13-33(28)35-27-14-15-32-30(21-27)29-11-4-6-12-31(29)34(32)25-17-22-16-23(19-25)20-26(34)18-22/h1-15,21-23,25-26,35H,16-20H2. The molecule has 5 aliphatic carbocycles. The minimum Gasteiger partial charge on any atom is -0.355 e. The van der Waals surface area contributed by atoms with Crippen LogP contribution in [0.1, 0.15) is 43.2 Å². The second-order valence-electron chi connectivity index (χ2n) is 11.5. The molecule has 35 heavy (non-hydrogen) atoms. The van der Waals surface area contributed by atoms with Crippen molar-refractivity contribution in [3.05, 3.63) is 108 Å². The van der Waals surface area contributed by atoms with E-state index in [1.807, 2.05) is 0 Å². The fourth-order valence-electron chi connectivity index (χ4n) is 8.85. The van der Waals surface area contributed by atoms with Crippen LogP contribution >= 0.6 is 0 Å². The zero-order chi connectivity index (χ0) is 23.0. The lowest BCUT2D eigenvalue weighted by Gasteiger charge is -2.61. The van der Waals surface area contributed by atoms with Crippen molar-refractivity contribution in [2.45, 2.75) is 37.5 Å². The first kappa shape index (κ1) is 19.9. The van der Waals surface area contributed by atoms with Crippen molar-refractivity contribution in [2.75, 3.05) is 5.32 Å². The van der Waals surface area contributed by atoms with Gasteiger partial charge in [0, 0.05) is 22.4 Å². The SMILES string of the molecule is c1ccc(-c2ccccc2Nc2ccc3c(c2)-c2ccccc2C32C3CC4CC(C3)CC2C4)cc1. The van der Waals surface area contributed by atoms with Gasteiger partial charge in [0.15, 0.2) is 0 Å². The third-order valence-corrected chi connectivity index (χ3v) is 9.84. The predicted molar refractivity (Wildman–Crippen MR) is 145 cm³/mol. The fraction of sp³-hybridized carbons (Fsp3) is 0.294. The summed E-state index contributed by atoms with van der Waals surface area (Å²) in [5, 5.41) is 3.79. The Hall–Kier alpha value is -3.32. The molecule has 0 aromatic heterocycles. The Labute approximate surface area is 208 Å². The number of hydrogen-bond donors (Lipinski definition) is 1. The molecule has 0 unspecified atom stereocenters. The first-order valence-electron chi connectivity index (χ1n) is 13.5. The molecule has 0 aliphatic heterocycles. The first-order chi connectivity index (χ1) is 17.3. The Kier molecular flexibility index (Phi) is 4.18. The van der Waals surface area contributed by atoms with E-state index >= 15 is 0 Å². The molecule has 0 radical (unpaired) electrons. The second-order valence-corrected chi connectivity index (χ2v) is 11.5. The molecular formula is C34H31N. The maximum atomic E-state index is 3.79. The molecule has 4 aromatic carbocycles. The summed E-state index contributed by atoms with van der Waals surface area (Å²) in [6, 6.07) is 36.0. The van der Waals surface area contributed by atoms with Gasteiger partial charge in [-0.25, -0.2) is 0 Å². The van der Waals surface area contributed by atoms with Crippen LogP contribution in [-0.2, 0) is 5.41 Å². The van der Waals surface area contributed by atoms with E-state index in [1.54, 1.807) is 11.1 Å². The number of nitrogens with one attached hydrogen (secondary N) is 1. The van der Waals surface area contributed by atoms with E-state index in [4.69, 9.17) is 0 Å². The molecule has 4 saturated carbocycles. The van der Waals surface area contributed by atoms with Crippen LogP contribution in [0.4, 0.5) is 11.4 Å². The van der Waals surface area contributed by atoms with Gasteiger partial charge in [-0.1, -0.05) is 78.9 Å². The number of para-hydroxylation sites is 1. The molecule has 9 rings (SSSR count). The minimum atomic E-state index is 0.250. The predicted octanol–water partition coefficient (Wildman–Crippen LogP) is 8.82. The van der Waals surface area contributed by atoms with Gasteiger partial charge in [-0.15, -0.1) is 0 Å². The van der Waals surface area contributed by atoms with E-state index in [9.17, 15) is 0 Å². The van der Waals surface area contributed by atoms with Gasteiger partial charge in [-0.2, -0.15) is 0 Å². The monoisotopic (exact) mass is 453 g/mol. The highest BCUT2D eigenvalue weighted by atomic mass is 14.9. The van der Waals surface area contributed by atoms with Crippen molar-refractivity contribution in [3.8, 4) is 22.3 Å². The van der Waals surface area contributed by atoms with Gasteiger partial charge in [0.25, 0.3) is 0 Å². The van der Waals surface area contributed by atoms with Crippen LogP contribution < -0.4 is 5.32 Å². The van der Waals surface area contributed by atoms with E-state index < -0.39 is 0 Å². The summed E-state index contributed by atoms with van der Waals surface area (Å²) in [6.45, 7) is 0. The van der Waals surface area contributed by atoms with E-state index in [-0.39, 0.29) is 5.41 Å². The van der Waals surface area contributed by atoms with Gasteiger partial charge in [0.05, 0.1) is 0 Å². The van der Waals surface area contributed by atoms with Crippen LogP contribution in [0.2, 0.25) is 0 Å². The van der Waals surface area contributed by atoms with E-state index in [1.165, 1.54) is 60.0 Å². The highest BCUT2D eigenvalue weighted by Crippen LogP contribution is 2.69. The maximum absolute atomic E-state index is 3.79.